The summed E-state index contributed by atoms with van der Waals surface area (Å²) in [7, 11) is 0. The van der Waals surface area contributed by atoms with Gasteiger partial charge in [-0.3, -0.25) is 0 Å². The first-order valence-electron chi connectivity index (χ1n) is 5.93. The topological polar surface area (TPSA) is 64.3 Å². The van der Waals surface area contributed by atoms with Gasteiger partial charge >= 0.3 is 12.3 Å². The number of imidazole rings is 1. The quantitative estimate of drug-likeness (QED) is 0.922. The van der Waals surface area contributed by atoms with Crippen LogP contribution in [0.15, 0.2) is 36.8 Å². The van der Waals surface area contributed by atoms with Crippen LogP contribution in [0.25, 0.3) is 0 Å². The van der Waals surface area contributed by atoms with E-state index >= 15 is 0 Å². The van der Waals surface area contributed by atoms with Gasteiger partial charge in [-0.05, 0) is 24.1 Å². The molecule has 0 amide bonds. The van der Waals surface area contributed by atoms with Gasteiger partial charge in [0, 0.05) is 12.7 Å². The summed E-state index contributed by atoms with van der Waals surface area (Å²) in [5.41, 5.74) is 0.749. The third-order valence-corrected chi connectivity index (χ3v) is 2.67. The summed E-state index contributed by atoms with van der Waals surface area (Å²) >= 11 is 0. The highest BCUT2D eigenvalue weighted by molar-refractivity contribution is 5.84. The molecule has 2 aromatic rings. The Morgan fingerprint density at radius 1 is 1.29 bits per heavy atom. The van der Waals surface area contributed by atoms with Gasteiger partial charge in [0.15, 0.2) is 5.69 Å². The Bertz CT molecular complexity index is 620. The first-order valence-corrected chi connectivity index (χ1v) is 5.93. The van der Waals surface area contributed by atoms with Gasteiger partial charge in [0.05, 0.1) is 6.33 Å². The molecule has 0 fully saturated rings. The molecule has 0 saturated carbocycles. The van der Waals surface area contributed by atoms with E-state index in [1.807, 2.05) is 0 Å². The van der Waals surface area contributed by atoms with Crippen LogP contribution in [0.3, 0.4) is 0 Å². The van der Waals surface area contributed by atoms with E-state index in [1.54, 1.807) is 4.57 Å². The van der Waals surface area contributed by atoms with Crippen LogP contribution in [0.2, 0.25) is 0 Å². The Morgan fingerprint density at radius 2 is 1.95 bits per heavy atom. The van der Waals surface area contributed by atoms with Crippen LogP contribution in [-0.2, 0) is 13.0 Å². The Balaban J connectivity index is 1.92. The molecule has 0 aliphatic rings. The number of aromatic nitrogens is 2. The predicted octanol–water partition coefficient (Wildman–Crippen LogP) is 2.72. The lowest BCUT2D eigenvalue weighted by Gasteiger charge is -2.09. The monoisotopic (exact) mass is 300 g/mol. The summed E-state index contributed by atoms with van der Waals surface area (Å²) in [5.74, 6) is -1.38. The molecule has 1 aromatic carbocycles. The molecular weight excluding hydrogens is 289 g/mol. The molecular formula is C13H11F3N2O3. The highest BCUT2D eigenvalue weighted by atomic mass is 19.4. The summed E-state index contributed by atoms with van der Waals surface area (Å²) in [4.78, 5) is 14.4. The number of carboxylic acid groups (broad SMARTS) is 1. The van der Waals surface area contributed by atoms with E-state index in [4.69, 9.17) is 5.11 Å². The number of halogens is 3. The van der Waals surface area contributed by atoms with E-state index in [2.05, 4.69) is 9.72 Å². The number of carboxylic acids is 1. The number of hydrogen-bond donors (Lipinski definition) is 1. The number of nitrogens with zero attached hydrogens (tertiary/aromatic N) is 2. The van der Waals surface area contributed by atoms with Crippen LogP contribution < -0.4 is 4.74 Å². The SMILES string of the molecule is O=C(O)c1cn(CCc2ccc(OC(F)(F)F)cc2)cn1. The van der Waals surface area contributed by atoms with E-state index in [0.29, 0.717) is 13.0 Å². The second kappa shape index (κ2) is 5.86. The van der Waals surface area contributed by atoms with Crippen molar-refractivity contribution in [1.82, 2.24) is 9.55 Å². The van der Waals surface area contributed by atoms with Gasteiger partial charge in [-0.25, -0.2) is 9.78 Å². The van der Waals surface area contributed by atoms with Crippen molar-refractivity contribution in [2.45, 2.75) is 19.3 Å². The molecule has 21 heavy (non-hydrogen) atoms. The number of aryl methyl sites for hydroxylation is 2. The number of hydrogen-bond acceptors (Lipinski definition) is 3. The van der Waals surface area contributed by atoms with Gasteiger partial charge in [0.1, 0.15) is 5.75 Å². The minimum atomic E-state index is -4.70. The van der Waals surface area contributed by atoms with E-state index in [-0.39, 0.29) is 11.4 Å². The minimum Gasteiger partial charge on any atom is -0.476 e. The van der Waals surface area contributed by atoms with Crippen molar-refractivity contribution in [3.8, 4) is 5.75 Å². The van der Waals surface area contributed by atoms with Gasteiger partial charge in [-0.15, -0.1) is 13.2 Å². The summed E-state index contributed by atoms with van der Waals surface area (Å²) in [6.07, 6.45) is -1.39. The maximum atomic E-state index is 12.0. The van der Waals surface area contributed by atoms with Crippen LogP contribution in [0, 0.1) is 0 Å². The van der Waals surface area contributed by atoms with Crippen molar-refractivity contribution in [1.29, 1.82) is 0 Å². The molecule has 2 rings (SSSR count). The lowest BCUT2D eigenvalue weighted by atomic mass is 10.1. The van der Waals surface area contributed by atoms with Gasteiger partial charge < -0.3 is 14.4 Å². The fraction of sp³-hybridized carbons (Fsp3) is 0.231. The summed E-state index contributed by atoms with van der Waals surface area (Å²) in [6, 6.07) is 5.52. The number of carbonyl (C=O) groups is 1. The van der Waals surface area contributed by atoms with Gasteiger partial charge in [0.25, 0.3) is 0 Å². The summed E-state index contributed by atoms with van der Waals surface area (Å²) < 4.78 is 41.4. The molecule has 0 atom stereocenters. The number of aromatic carboxylic acids is 1. The van der Waals surface area contributed by atoms with Gasteiger partial charge in [0.2, 0.25) is 0 Å². The predicted molar refractivity (Wildman–Crippen MR) is 66.0 cm³/mol. The minimum absolute atomic E-state index is 0.0519. The van der Waals surface area contributed by atoms with Gasteiger partial charge in [-0.2, -0.15) is 0 Å². The van der Waals surface area contributed by atoms with Crippen molar-refractivity contribution in [3.63, 3.8) is 0 Å². The third-order valence-electron chi connectivity index (χ3n) is 2.67. The first-order chi connectivity index (χ1) is 9.83. The smallest absolute Gasteiger partial charge is 0.476 e. The Kier molecular flexibility index (Phi) is 4.15. The van der Waals surface area contributed by atoms with Crippen LogP contribution >= 0.6 is 0 Å². The highest BCUT2D eigenvalue weighted by Gasteiger charge is 2.30. The largest absolute Gasteiger partial charge is 0.573 e. The molecule has 0 radical (unpaired) electrons. The number of rotatable bonds is 5. The van der Waals surface area contributed by atoms with Gasteiger partial charge in [-0.1, -0.05) is 12.1 Å². The lowest BCUT2D eigenvalue weighted by molar-refractivity contribution is -0.274. The van der Waals surface area contributed by atoms with E-state index in [9.17, 15) is 18.0 Å². The van der Waals surface area contributed by atoms with Crippen molar-refractivity contribution in [3.05, 3.63) is 48.0 Å². The molecule has 0 aliphatic heterocycles. The zero-order chi connectivity index (χ0) is 15.5. The van der Waals surface area contributed by atoms with Crippen LogP contribution in [0.5, 0.6) is 5.75 Å². The zero-order valence-corrected chi connectivity index (χ0v) is 10.7. The average Bonchev–Trinajstić information content (AvgIpc) is 2.85. The summed E-state index contributed by atoms with van der Waals surface area (Å²) in [5, 5.41) is 8.73. The Morgan fingerprint density at radius 3 is 2.48 bits per heavy atom. The number of ether oxygens (including phenoxy) is 1. The third kappa shape index (κ3) is 4.51. The molecule has 5 nitrogen and oxygen atoms in total. The van der Waals surface area contributed by atoms with Crippen LogP contribution in [0.4, 0.5) is 13.2 Å². The molecule has 1 N–H and O–H groups in total. The molecule has 0 spiro atoms. The highest BCUT2D eigenvalue weighted by Crippen LogP contribution is 2.22. The normalized spacial score (nSPS) is 11.4. The molecule has 0 bridgehead atoms. The van der Waals surface area contributed by atoms with E-state index < -0.39 is 12.3 Å². The molecule has 0 unspecified atom stereocenters. The van der Waals surface area contributed by atoms with Crippen LogP contribution in [-0.4, -0.2) is 27.0 Å². The maximum Gasteiger partial charge on any atom is 0.573 e. The Labute approximate surface area is 117 Å². The molecule has 0 aliphatic carbocycles. The zero-order valence-electron chi connectivity index (χ0n) is 10.7. The fourth-order valence-corrected chi connectivity index (χ4v) is 1.71. The standard InChI is InChI=1S/C13H11F3N2O3/c14-13(15,16)21-10-3-1-9(2-4-10)5-6-18-7-11(12(19)20)17-8-18/h1-4,7-8H,5-6H2,(H,19,20). The Hall–Kier alpha value is -2.51. The second-order valence-corrected chi connectivity index (χ2v) is 4.24. The molecule has 8 heteroatoms. The van der Waals surface area contributed by atoms with Crippen molar-refractivity contribution < 1.29 is 27.8 Å². The van der Waals surface area contributed by atoms with Crippen molar-refractivity contribution in [2.24, 2.45) is 0 Å². The summed E-state index contributed by atoms with van der Waals surface area (Å²) in [6.45, 7) is 0.472. The number of benzene rings is 1. The molecule has 0 saturated heterocycles. The van der Waals surface area contributed by atoms with Crippen molar-refractivity contribution >= 4 is 5.97 Å². The lowest BCUT2D eigenvalue weighted by Crippen LogP contribution is -2.17. The van der Waals surface area contributed by atoms with E-state index in [0.717, 1.165) is 5.56 Å². The first kappa shape index (κ1) is 14.9. The number of alkyl halides is 3. The molecule has 112 valence electrons. The average molecular weight is 300 g/mol. The molecule has 1 aromatic heterocycles. The van der Waals surface area contributed by atoms with E-state index in [1.165, 1.54) is 36.8 Å². The van der Waals surface area contributed by atoms with Crippen LogP contribution in [0.1, 0.15) is 16.1 Å². The van der Waals surface area contributed by atoms with Crippen molar-refractivity contribution in [2.75, 3.05) is 0 Å². The maximum absolute atomic E-state index is 12.0. The second-order valence-electron chi connectivity index (χ2n) is 4.24. The fourth-order valence-electron chi connectivity index (χ4n) is 1.71. The molecule has 1 heterocycles.